The summed E-state index contributed by atoms with van der Waals surface area (Å²) in [6.07, 6.45) is -3.34. The predicted octanol–water partition coefficient (Wildman–Crippen LogP) is 5.22. The van der Waals surface area contributed by atoms with Gasteiger partial charge in [-0.1, -0.05) is 23.7 Å². The van der Waals surface area contributed by atoms with Gasteiger partial charge in [0.15, 0.2) is 11.2 Å². The predicted molar refractivity (Wildman–Crippen MR) is 114 cm³/mol. The molecule has 0 saturated heterocycles. The van der Waals surface area contributed by atoms with Crippen molar-refractivity contribution in [3.63, 3.8) is 0 Å². The number of benzene rings is 2. The van der Waals surface area contributed by atoms with Crippen molar-refractivity contribution in [1.29, 1.82) is 0 Å². The molecule has 0 saturated carbocycles. The van der Waals surface area contributed by atoms with Crippen molar-refractivity contribution >= 4 is 28.3 Å². The van der Waals surface area contributed by atoms with Crippen molar-refractivity contribution in [2.45, 2.75) is 13.1 Å². The Balaban J connectivity index is 1.71. The van der Waals surface area contributed by atoms with Crippen LogP contribution in [-0.2, 0) is 6.18 Å². The van der Waals surface area contributed by atoms with E-state index >= 15 is 0 Å². The fourth-order valence-corrected chi connectivity index (χ4v) is 3.92. The van der Waals surface area contributed by atoms with E-state index < -0.39 is 22.3 Å². The van der Waals surface area contributed by atoms with E-state index in [1.807, 2.05) is 0 Å². The first kappa shape index (κ1) is 21.1. The zero-order valence-electron chi connectivity index (χ0n) is 16.7. The number of nitrogens with zero attached hydrogens (tertiary/aromatic N) is 5. The topological polar surface area (TPSA) is 65.1 Å². The van der Waals surface area contributed by atoms with Gasteiger partial charge in [0.1, 0.15) is 11.3 Å². The van der Waals surface area contributed by atoms with E-state index in [2.05, 4.69) is 15.3 Å². The van der Waals surface area contributed by atoms with Gasteiger partial charge >= 0.3 is 6.18 Å². The van der Waals surface area contributed by atoms with Gasteiger partial charge in [0.25, 0.3) is 5.56 Å². The van der Waals surface area contributed by atoms with E-state index in [1.54, 1.807) is 19.1 Å². The van der Waals surface area contributed by atoms with Crippen LogP contribution in [0.15, 0.2) is 59.5 Å². The first-order valence-corrected chi connectivity index (χ1v) is 9.93. The smallest absolute Gasteiger partial charge is 0.282 e. The monoisotopic (exact) mass is 473 g/mol. The normalized spacial score (nSPS) is 12.1. The quantitative estimate of drug-likeness (QED) is 0.330. The molecule has 166 valence electrons. The Morgan fingerprint density at radius 2 is 1.73 bits per heavy atom. The van der Waals surface area contributed by atoms with Gasteiger partial charge in [0.05, 0.1) is 21.8 Å². The molecule has 0 aliphatic carbocycles. The van der Waals surface area contributed by atoms with Gasteiger partial charge in [0.2, 0.25) is 0 Å². The molecule has 6 nitrogen and oxygen atoms in total. The molecule has 0 aliphatic rings. The van der Waals surface area contributed by atoms with Gasteiger partial charge in [-0.2, -0.15) is 18.3 Å². The number of halogens is 5. The second-order valence-electron chi connectivity index (χ2n) is 7.29. The number of alkyl halides is 3. The molecule has 33 heavy (non-hydrogen) atoms. The summed E-state index contributed by atoms with van der Waals surface area (Å²) in [7, 11) is 0. The van der Waals surface area contributed by atoms with E-state index in [1.165, 1.54) is 35.0 Å². The molecule has 5 rings (SSSR count). The highest BCUT2D eigenvalue weighted by atomic mass is 35.5. The number of aromatic nitrogens is 5. The molecular weight excluding hydrogens is 462 g/mol. The number of rotatable bonds is 2. The third-order valence-corrected chi connectivity index (χ3v) is 5.55. The zero-order valence-corrected chi connectivity index (χ0v) is 17.5. The van der Waals surface area contributed by atoms with Gasteiger partial charge in [-0.05, 0) is 48.9 Å². The van der Waals surface area contributed by atoms with Gasteiger partial charge in [-0.3, -0.25) is 9.36 Å². The number of aryl methyl sites for hydroxylation is 1. The molecule has 0 fully saturated rings. The summed E-state index contributed by atoms with van der Waals surface area (Å²) in [4.78, 5) is 13.1. The van der Waals surface area contributed by atoms with E-state index in [9.17, 15) is 22.4 Å². The fourth-order valence-electron chi connectivity index (χ4n) is 3.69. The van der Waals surface area contributed by atoms with E-state index in [0.29, 0.717) is 28.0 Å². The van der Waals surface area contributed by atoms with Crippen LogP contribution in [0.5, 0.6) is 0 Å². The maximum Gasteiger partial charge on any atom is 0.417 e. The molecule has 0 unspecified atom stereocenters. The van der Waals surface area contributed by atoms with Crippen LogP contribution >= 0.6 is 11.6 Å². The second kappa shape index (κ2) is 7.38. The van der Waals surface area contributed by atoms with Crippen LogP contribution in [0.1, 0.15) is 11.3 Å². The molecule has 0 amide bonds. The molecule has 0 N–H and O–H groups in total. The lowest BCUT2D eigenvalue weighted by Gasteiger charge is -2.12. The Kier molecular flexibility index (Phi) is 4.71. The summed E-state index contributed by atoms with van der Waals surface area (Å²) < 4.78 is 55.5. The molecule has 3 heterocycles. The lowest BCUT2D eigenvalue weighted by Crippen LogP contribution is -2.20. The minimum absolute atomic E-state index is 0.0239. The highest BCUT2D eigenvalue weighted by Crippen LogP contribution is 2.35. The van der Waals surface area contributed by atoms with E-state index in [4.69, 9.17) is 11.6 Å². The average molecular weight is 474 g/mol. The molecule has 3 aromatic heterocycles. The standard InChI is InChI=1S/C22H12ClF4N5O/c1-11-18(12-2-4-13(24)5-3-12)20-29-28-19-17(32(20)30-11)8-9-31(21(19)33)14-6-7-16(23)15(10-14)22(25,26)27/h2-10H,1H3. The van der Waals surface area contributed by atoms with Gasteiger partial charge < -0.3 is 0 Å². The SMILES string of the molecule is Cc1nn2c(nnc3c(=O)n(-c4ccc(Cl)c(C(F)(F)F)c4)ccc32)c1-c1ccc(F)cc1. The summed E-state index contributed by atoms with van der Waals surface area (Å²) in [5, 5.41) is 12.1. The Morgan fingerprint density at radius 1 is 1.00 bits per heavy atom. The zero-order chi connectivity index (χ0) is 23.5. The van der Waals surface area contributed by atoms with Crippen LogP contribution in [0.2, 0.25) is 5.02 Å². The Hall–Kier alpha value is -3.79. The lowest BCUT2D eigenvalue weighted by atomic mass is 10.1. The van der Waals surface area contributed by atoms with Crippen LogP contribution in [0.3, 0.4) is 0 Å². The minimum Gasteiger partial charge on any atom is -0.282 e. The average Bonchev–Trinajstić information content (AvgIpc) is 3.10. The largest absolute Gasteiger partial charge is 0.417 e. The van der Waals surface area contributed by atoms with Crippen LogP contribution in [0.4, 0.5) is 17.6 Å². The Bertz CT molecular complexity index is 1610. The van der Waals surface area contributed by atoms with Crippen LogP contribution < -0.4 is 5.56 Å². The third-order valence-electron chi connectivity index (χ3n) is 5.22. The van der Waals surface area contributed by atoms with E-state index in [-0.39, 0.29) is 17.0 Å². The van der Waals surface area contributed by atoms with Gasteiger partial charge in [-0.25, -0.2) is 8.91 Å². The summed E-state index contributed by atoms with van der Waals surface area (Å²) >= 11 is 5.68. The van der Waals surface area contributed by atoms with Crippen LogP contribution in [0, 0.1) is 12.7 Å². The molecule has 2 aromatic carbocycles. The number of pyridine rings is 1. The number of hydrogen-bond acceptors (Lipinski definition) is 4. The highest BCUT2D eigenvalue weighted by Gasteiger charge is 2.33. The van der Waals surface area contributed by atoms with Crippen molar-refractivity contribution in [1.82, 2.24) is 24.4 Å². The molecule has 5 aromatic rings. The van der Waals surface area contributed by atoms with Gasteiger partial charge in [0, 0.05) is 11.9 Å². The summed E-state index contributed by atoms with van der Waals surface area (Å²) in [5.41, 5.74) is 0.728. The van der Waals surface area contributed by atoms with Crippen LogP contribution in [-0.4, -0.2) is 24.4 Å². The first-order valence-electron chi connectivity index (χ1n) is 9.55. The van der Waals surface area contributed by atoms with Crippen molar-refractivity contribution < 1.29 is 17.6 Å². The Labute approximate surface area is 187 Å². The van der Waals surface area contributed by atoms with Crippen molar-refractivity contribution in [2.24, 2.45) is 0 Å². The third kappa shape index (κ3) is 3.43. The molecule has 11 heteroatoms. The van der Waals surface area contributed by atoms with E-state index in [0.717, 1.165) is 16.7 Å². The fraction of sp³-hybridized carbons (Fsp3) is 0.0909. The maximum atomic E-state index is 13.3. The molecule has 0 bridgehead atoms. The van der Waals surface area contributed by atoms with Crippen molar-refractivity contribution in [3.05, 3.63) is 87.2 Å². The molecule has 0 radical (unpaired) electrons. The molecule has 0 aliphatic heterocycles. The molecule has 0 spiro atoms. The molecular formula is C22H12ClF4N5O. The Morgan fingerprint density at radius 3 is 2.42 bits per heavy atom. The second-order valence-corrected chi connectivity index (χ2v) is 7.70. The summed E-state index contributed by atoms with van der Waals surface area (Å²) in [6, 6.07) is 10.5. The van der Waals surface area contributed by atoms with Gasteiger partial charge in [-0.15, -0.1) is 10.2 Å². The minimum atomic E-state index is -4.68. The summed E-state index contributed by atoms with van der Waals surface area (Å²) in [5.74, 6) is -0.388. The summed E-state index contributed by atoms with van der Waals surface area (Å²) in [6.45, 7) is 1.74. The van der Waals surface area contributed by atoms with Crippen molar-refractivity contribution in [3.8, 4) is 16.8 Å². The number of fused-ring (bicyclic) bond motifs is 3. The van der Waals surface area contributed by atoms with Crippen molar-refractivity contribution in [2.75, 3.05) is 0 Å². The molecule has 0 atom stereocenters. The first-order chi connectivity index (χ1) is 15.6. The highest BCUT2D eigenvalue weighted by molar-refractivity contribution is 6.31. The van der Waals surface area contributed by atoms with Crippen LogP contribution in [0.25, 0.3) is 33.5 Å². The lowest BCUT2D eigenvalue weighted by molar-refractivity contribution is -0.137. The number of hydrogen-bond donors (Lipinski definition) is 0. The maximum absolute atomic E-state index is 13.3.